The van der Waals surface area contributed by atoms with Crippen molar-refractivity contribution in [3.8, 4) is 0 Å². The smallest absolute Gasteiger partial charge is 0.173 e. The zero-order chi connectivity index (χ0) is 44.6. The van der Waals surface area contributed by atoms with Gasteiger partial charge in [0.1, 0.15) is 21.0 Å². The van der Waals surface area contributed by atoms with Crippen molar-refractivity contribution in [3.05, 3.63) is 0 Å². The minimum atomic E-state index is -1.72. The van der Waals surface area contributed by atoms with Crippen molar-refractivity contribution in [1.29, 1.82) is 0 Å². The van der Waals surface area contributed by atoms with Gasteiger partial charge in [-0.15, -0.1) is 0 Å². The molecule has 0 aromatic carbocycles. The second-order valence-corrected chi connectivity index (χ2v) is 69.7. The molecule has 0 N–H and O–H groups in total. The molecular weight excluding hydrogens is 913 g/mol. The quantitative estimate of drug-likeness (QED) is 0.0462. The van der Waals surface area contributed by atoms with E-state index in [1.54, 1.807) is 0 Å². The van der Waals surface area contributed by atoms with Gasteiger partial charge in [0.25, 0.3) is 0 Å². The van der Waals surface area contributed by atoms with Crippen molar-refractivity contribution < 1.29 is 30.0 Å². The molecule has 4 rings (SSSR count). The van der Waals surface area contributed by atoms with E-state index >= 15 is 0 Å². The van der Waals surface area contributed by atoms with E-state index in [2.05, 4.69) is 98.2 Å². The van der Waals surface area contributed by atoms with E-state index in [0.29, 0.717) is 24.4 Å². The number of rotatable bonds is 27. The van der Waals surface area contributed by atoms with Gasteiger partial charge in [-0.2, -0.15) is 0 Å². The second kappa shape index (κ2) is 23.2. The van der Waals surface area contributed by atoms with Gasteiger partial charge in [0.15, 0.2) is 66.1 Å². The minimum Gasteiger partial charge on any atom is -0.464 e. The van der Waals surface area contributed by atoms with Gasteiger partial charge in [-0.1, -0.05) is 51.4 Å². The van der Waals surface area contributed by atoms with E-state index in [1.807, 2.05) is 0 Å². The maximum atomic E-state index is 7.05. The fourth-order valence-electron chi connectivity index (χ4n) is 11.1. The molecule has 2 aliphatic carbocycles. The molecule has 0 radical (unpaired) electrons. The van der Waals surface area contributed by atoms with E-state index in [-0.39, 0.29) is 0 Å². The molecule has 0 spiro atoms. The summed E-state index contributed by atoms with van der Waals surface area (Å²) < 4.78 is 44.2. The van der Waals surface area contributed by atoms with Crippen LogP contribution in [-0.2, 0) is 30.0 Å². The normalized spacial score (nSPS) is 26.5. The first-order valence-electron chi connectivity index (χ1n) is 24.5. The molecule has 350 valence electrons. The Morgan fingerprint density at radius 1 is 0.407 bits per heavy atom. The van der Waals surface area contributed by atoms with Crippen molar-refractivity contribution in [3.63, 3.8) is 0 Å². The first-order valence-corrected chi connectivity index (χ1v) is 54.0. The summed E-state index contributed by atoms with van der Waals surface area (Å²) in [6, 6.07) is 5.34. The highest BCUT2D eigenvalue weighted by Gasteiger charge is 2.47. The zero-order valence-corrected chi connectivity index (χ0v) is 56.5. The second-order valence-electron chi connectivity index (χ2n) is 24.6. The van der Waals surface area contributed by atoms with Crippen LogP contribution < -0.4 is 0 Å². The number of unbranched alkanes of at least 4 members (excludes halogenated alkanes) is 5. The number of hydrogen-bond donors (Lipinski definition) is 0. The Balaban J connectivity index is 0.000000316. The molecular formula is C41H100O7Si11. The summed E-state index contributed by atoms with van der Waals surface area (Å²) in [5, 5.41) is 0. The van der Waals surface area contributed by atoms with Gasteiger partial charge in [-0.25, -0.2) is 0 Å². The van der Waals surface area contributed by atoms with Crippen LogP contribution in [0.1, 0.15) is 89.9 Å². The SMILES string of the molecule is C[Si](C)(CCCCCCCC[Si](C)(C)O[Si](C)(C)CCC1CCC2OC2C1)O[SiH3].C[Si](C)(C[Si](C)(C)O[Si](C)([SiH3])C[Si](C)(C)O[Si](C)(C)CCC1CCC2OC2C1)O[SiH3]. The van der Waals surface area contributed by atoms with Crippen molar-refractivity contribution in [2.24, 2.45) is 11.8 Å². The number of epoxide rings is 2. The van der Waals surface area contributed by atoms with Crippen molar-refractivity contribution >= 4 is 96.8 Å². The van der Waals surface area contributed by atoms with Crippen molar-refractivity contribution in [1.82, 2.24) is 0 Å². The first-order chi connectivity index (χ1) is 27.0. The summed E-state index contributed by atoms with van der Waals surface area (Å²) >= 11 is 0. The molecule has 7 nitrogen and oxygen atoms in total. The maximum Gasteiger partial charge on any atom is 0.173 e. The van der Waals surface area contributed by atoms with Gasteiger partial charge in [-0.05, 0) is 184 Å². The standard InChI is InChI=1S/C22H50O3Si4.C19H50O4Si7/c1-27(2,24-26)16-11-9-7-8-10-12-17-28(3,4)25-29(5,6)18-15-20-13-14-21-22(19-20)23-21;1-26(2,13-12-17-10-11-18-19(14-17)20-18)22-29(7,8)16-30(9,25)23-28(5,6)15-27(3,4)21-24/h20-22H,7-19H2,1-6,26H3;17-19H,10-16H2,1-9,24-25H3. The third kappa shape index (κ3) is 23.4. The maximum absolute atomic E-state index is 7.05. The Morgan fingerprint density at radius 2 is 0.780 bits per heavy atom. The Bertz CT molecular complexity index is 1250. The summed E-state index contributed by atoms with van der Waals surface area (Å²) in [6.07, 6.45) is 21.6. The van der Waals surface area contributed by atoms with E-state index in [4.69, 9.17) is 30.0 Å². The lowest BCUT2D eigenvalue weighted by molar-refractivity contribution is 0.354. The van der Waals surface area contributed by atoms with Gasteiger partial charge < -0.3 is 30.0 Å². The lowest BCUT2D eigenvalue weighted by atomic mass is 9.88. The Labute approximate surface area is 384 Å². The zero-order valence-electron chi connectivity index (χ0n) is 42.5. The van der Waals surface area contributed by atoms with Gasteiger partial charge in [-0.3, -0.25) is 0 Å². The fraction of sp³-hybridized carbons (Fsp3) is 1.00. The highest BCUT2D eigenvalue weighted by Crippen LogP contribution is 2.43. The Kier molecular flexibility index (Phi) is 21.8. The molecule has 18 heteroatoms. The van der Waals surface area contributed by atoms with E-state index in [0.717, 1.165) is 32.8 Å². The van der Waals surface area contributed by atoms with E-state index in [9.17, 15) is 0 Å². The molecule has 4 fully saturated rings. The van der Waals surface area contributed by atoms with E-state index < -0.39 is 66.1 Å². The average molecular weight is 1010 g/mol. The molecule has 2 aliphatic heterocycles. The molecule has 0 aromatic rings. The third-order valence-corrected chi connectivity index (χ3v) is 60.7. The van der Waals surface area contributed by atoms with Crippen LogP contribution in [0.4, 0.5) is 0 Å². The molecule has 0 amide bonds. The van der Waals surface area contributed by atoms with Crippen LogP contribution in [0.2, 0.25) is 134 Å². The summed E-state index contributed by atoms with van der Waals surface area (Å²) in [5.41, 5.74) is 2.49. The van der Waals surface area contributed by atoms with Crippen molar-refractivity contribution in [2.45, 2.75) is 248 Å². The predicted molar refractivity (Wildman–Crippen MR) is 287 cm³/mol. The summed E-state index contributed by atoms with van der Waals surface area (Å²) in [4.78, 5) is 0. The topological polar surface area (TPSA) is 71.2 Å². The molecule has 2 heterocycles. The molecule has 59 heavy (non-hydrogen) atoms. The molecule has 2 saturated carbocycles. The van der Waals surface area contributed by atoms with Crippen LogP contribution in [0.15, 0.2) is 0 Å². The van der Waals surface area contributed by atoms with Crippen LogP contribution in [0.3, 0.4) is 0 Å². The van der Waals surface area contributed by atoms with E-state index in [1.165, 1.54) is 135 Å². The number of fused-ring (bicyclic) bond motifs is 2. The first kappa shape index (κ1) is 55.4. The summed E-state index contributed by atoms with van der Waals surface area (Å²) in [6.45, 7) is 36.5. The lowest BCUT2D eigenvalue weighted by Gasteiger charge is -2.42. The summed E-state index contributed by atoms with van der Waals surface area (Å²) in [7, 11) is -9.50. The molecule has 2 saturated heterocycles. The van der Waals surface area contributed by atoms with Crippen LogP contribution in [0.5, 0.6) is 0 Å². The lowest BCUT2D eigenvalue weighted by Crippen LogP contribution is -2.56. The van der Waals surface area contributed by atoms with Gasteiger partial charge in [0.05, 0.1) is 24.4 Å². The molecule has 0 bridgehead atoms. The van der Waals surface area contributed by atoms with Crippen LogP contribution in [-0.4, -0.2) is 121 Å². The van der Waals surface area contributed by atoms with Crippen LogP contribution >= 0.6 is 0 Å². The highest BCUT2D eigenvalue weighted by molar-refractivity contribution is 7.20. The summed E-state index contributed by atoms with van der Waals surface area (Å²) in [5.74, 6) is 1.77. The molecule has 7 atom stereocenters. The van der Waals surface area contributed by atoms with Crippen LogP contribution in [0, 0.1) is 11.8 Å². The van der Waals surface area contributed by atoms with Gasteiger partial charge >= 0.3 is 0 Å². The Morgan fingerprint density at radius 3 is 1.20 bits per heavy atom. The largest absolute Gasteiger partial charge is 0.464 e. The number of ether oxygens (including phenoxy) is 2. The monoisotopic (exact) mass is 1010 g/mol. The van der Waals surface area contributed by atoms with Crippen LogP contribution in [0.25, 0.3) is 0 Å². The molecule has 7 unspecified atom stereocenters. The molecule has 4 aliphatic rings. The van der Waals surface area contributed by atoms with Gasteiger partial charge in [0.2, 0.25) is 0 Å². The fourth-order valence-corrected chi connectivity index (χ4v) is 69.3. The minimum absolute atomic E-state index is 0.607. The predicted octanol–water partition coefficient (Wildman–Crippen LogP) is 9.82. The third-order valence-electron chi connectivity index (χ3n) is 13.8. The number of hydrogen-bond acceptors (Lipinski definition) is 7. The molecule has 0 aromatic heterocycles. The van der Waals surface area contributed by atoms with Gasteiger partial charge in [0, 0.05) is 9.76 Å². The average Bonchev–Trinajstić information content (AvgIpc) is 4.00. The highest BCUT2D eigenvalue weighted by atomic mass is 29.2. The Hall–Kier alpha value is 2.11. The van der Waals surface area contributed by atoms with Crippen molar-refractivity contribution in [2.75, 3.05) is 0 Å².